The van der Waals surface area contributed by atoms with Gasteiger partial charge in [-0.15, -0.1) is 0 Å². The lowest BCUT2D eigenvalue weighted by Gasteiger charge is -2.37. The molecule has 1 aliphatic rings. The molecule has 11 heteroatoms. The molecule has 10 nitrogen and oxygen atoms in total. The highest BCUT2D eigenvalue weighted by molar-refractivity contribution is 7.89. The lowest BCUT2D eigenvalue weighted by atomic mass is 10.0. The van der Waals surface area contributed by atoms with E-state index in [1.54, 1.807) is 64.6 Å². The van der Waals surface area contributed by atoms with E-state index >= 15 is 0 Å². The van der Waals surface area contributed by atoms with Gasteiger partial charge in [-0.2, -0.15) is 4.31 Å². The minimum Gasteiger partial charge on any atom is -0.497 e. The molecule has 3 atom stereocenters. The maximum Gasteiger partial charge on any atom is 0.321 e. The minimum absolute atomic E-state index is 0.00293. The molecule has 0 radical (unpaired) electrons. The van der Waals surface area contributed by atoms with Gasteiger partial charge in [0.05, 0.1) is 27.4 Å². The summed E-state index contributed by atoms with van der Waals surface area (Å²) in [5.74, 6) is 1.09. The molecule has 1 heterocycles. The van der Waals surface area contributed by atoms with Crippen LogP contribution in [-0.2, 0) is 10.0 Å². The number of aliphatic hydroxyl groups is 1. The zero-order valence-electron chi connectivity index (χ0n) is 23.9. The molecule has 4 rings (SSSR count). The van der Waals surface area contributed by atoms with Crippen molar-refractivity contribution in [1.82, 2.24) is 9.21 Å². The Morgan fingerprint density at radius 2 is 1.88 bits per heavy atom. The maximum absolute atomic E-state index is 13.8. The van der Waals surface area contributed by atoms with Crippen LogP contribution in [-0.4, -0.2) is 81.9 Å². The van der Waals surface area contributed by atoms with Crippen molar-refractivity contribution in [3.8, 4) is 28.4 Å². The molecule has 0 spiro atoms. The van der Waals surface area contributed by atoms with Gasteiger partial charge in [-0.3, -0.25) is 0 Å². The topological polar surface area (TPSA) is 118 Å². The van der Waals surface area contributed by atoms with Gasteiger partial charge in [0.25, 0.3) is 0 Å². The molecule has 0 fully saturated rings. The Morgan fingerprint density at radius 1 is 1.12 bits per heavy atom. The predicted octanol–water partition coefficient (Wildman–Crippen LogP) is 4.30. The van der Waals surface area contributed by atoms with E-state index in [1.807, 2.05) is 31.2 Å². The number of benzene rings is 3. The second-order valence-corrected chi connectivity index (χ2v) is 12.0. The number of hydrogen-bond acceptors (Lipinski definition) is 7. The van der Waals surface area contributed by atoms with Gasteiger partial charge in [-0.1, -0.05) is 37.3 Å². The monoisotopic (exact) mass is 583 g/mol. The van der Waals surface area contributed by atoms with Crippen molar-refractivity contribution in [2.24, 2.45) is 5.92 Å². The van der Waals surface area contributed by atoms with Crippen LogP contribution in [0.5, 0.6) is 17.2 Å². The molecule has 2 N–H and O–H groups in total. The van der Waals surface area contributed by atoms with Crippen LogP contribution in [0.25, 0.3) is 11.1 Å². The van der Waals surface area contributed by atoms with E-state index in [-0.39, 0.29) is 42.3 Å². The van der Waals surface area contributed by atoms with Crippen molar-refractivity contribution in [1.29, 1.82) is 0 Å². The number of methoxy groups -OCH3 is 2. The summed E-state index contributed by atoms with van der Waals surface area (Å²) >= 11 is 0. The molecule has 0 saturated carbocycles. The normalized spacial score (nSPS) is 19.1. The summed E-state index contributed by atoms with van der Waals surface area (Å²) in [4.78, 5) is 14.6. The van der Waals surface area contributed by atoms with E-state index in [0.717, 1.165) is 5.56 Å². The molecule has 41 heavy (non-hydrogen) atoms. The Bertz CT molecular complexity index is 1480. The number of amides is 2. The van der Waals surface area contributed by atoms with Crippen LogP contribution in [0.15, 0.2) is 71.6 Å². The Morgan fingerprint density at radius 3 is 2.59 bits per heavy atom. The standard InChI is InChI=1S/C30H37N3O7S/c1-20-17-33(21(2)19-34)41(36,37)29-14-13-22(25-11-6-7-12-26(25)39-5)15-27(29)40-28(20)18-32(3)30(35)31-23-9-8-10-24(16-23)38-4/h6-16,20-21,28,34H,17-19H2,1-5H3,(H,31,35)/t20-,21-,28-/m0/s1. The number of sulfonamides is 1. The smallest absolute Gasteiger partial charge is 0.321 e. The third kappa shape index (κ3) is 6.58. The molecule has 0 unspecified atom stereocenters. The molecule has 2 amide bonds. The van der Waals surface area contributed by atoms with Gasteiger partial charge in [0.15, 0.2) is 0 Å². The number of aliphatic hydroxyl groups excluding tert-OH is 1. The number of para-hydroxylation sites is 1. The number of anilines is 1. The fourth-order valence-electron chi connectivity index (χ4n) is 4.77. The maximum atomic E-state index is 13.8. The first-order valence-electron chi connectivity index (χ1n) is 13.3. The number of ether oxygens (including phenoxy) is 3. The van der Waals surface area contributed by atoms with Gasteiger partial charge in [0.2, 0.25) is 10.0 Å². The molecular weight excluding hydrogens is 546 g/mol. The number of likely N-dealkylation sites (N-methyl/N-ethyl adjacent to an activating group) is 1. The number of hydrogen-bond donors (Lipinski definition) is 2. The van der Waals surface area contributed by atoms with Crippen molar-refractivity contribution >= 4 is 21.7 Å². The molecule has 3 aromatic rings. The molecular formula is C30H37N3O7S. The lowest BCUT2D eigenvalue weighted by Crippen LogP contribution is -2.50. The van der Waals surface area contributed by atoms with E-state index in [4.69, 9.17) is 14.2 Å². The van der Waals surface area contributed by atoms with Crippen LogP contribution in [0.4, 0.5) is 10.5 Å². The highest BCUT2D eigenvalue weighted by Crippen LogP contribution is 2.38. The van der Waals surface area contributed by atoms with E-state index < -0.39 is 22.2 Å². The molecule has 220 valence electrons. The minimum atomic E-state index is -4.00. The zero-order chi connectivity index (χ0) is 29.7. The molecule has 0 aromatic heterocycles. The second-order valence-electron chi connectivity index (χ2n) is 10.1. The average molecular weight is 584 g/mol. The molecule has 0 bridgehead atoms. The summed E-state index contributed by atoms with van der Waals surface area (Å²) in [6.45, 7) is 3.48. The molecule has 3 aromatic carbocycles. The van der Waals surface area contributed by atoms with Crippen molar-refractivity contribution in [3.05, 3.63) is 66.7 Å². The van der Waals surface area contributed by atoms with Crippen LogP contribution >= 0.6 is 0 Å². The quantitative estimate of drug-likeness (QED) is 0.406. The van der Waals surface area contributed by atoms with Crippen molar-refractivity contribution in [2.75, 3.05) is 46.3 Å². The van der Waals surface area contributed by atoms with Crippen LogP contribution < -0.4 is 19.5 Å². The van der Waals surface area contributed by atoms with Crippen molar-refractivity contribution in [3.63, 3.8) is 0 Å². The van der Waals surface area contributed by atoms with E-state index in [2.05, 4.69) is 5.32 Å². The number of nitrogens with zero attached hydrogens (tertiary/aromatic N) is 2. The number of carbonyl (C=O) groups is 1. The number of urea groups is 1. The number of carbonyl (C=O) groups excluding carboxylic acids is 1. The van der Waals surface area contributed by atoms with Gasteiger partial charge in [0, 0.05) is 42.9 Å². The van der Waals surface area contributed by atoms with Crippen molar-refractivity contribution in [2.45, 2.75) is 30.9 Å². The lowest BCUT2D eigenvalue weighted by molar-refractivity contribution is 0.0830. The summed E-state index contributed by atoms with van der Waals surface area (Å²) in [7, 11) is 0.779. The number of nitrogens with one attached hydrogen (secondary N) is 1. The van der Waals surface area contributed by atoms with Crippen LogP contribution in [0.3, 0.4) is 0 Å². The van der Waals surface area contributed by atoms with Gasteiger partial charge in [0.1, 0.15) is 28.2 Å². The largest absolute Gasteiger partial charge is 0.497 e. The van der Waals surface area contributed by atoms with Crippen molar-refractivity contribution < 1.29 is 32.5 Å². The van der Waals surface area contributed by atoms with Gasteiger partial charge >= 0.3 is 6.03 Å². The van der Waals surface area contributed by atoms with Gasteiger partial charge < -0.3 is 29.5 Å². The third-order valence-corrected chi connectivity index (χ3v) is 9.23. The Hall–Kier alpha value is -3.80. The fraction of sp³-hybridized carbons (Fsp3) is 0.367. The van der Waals surface area contributed by atoms with E-state index in [9.17, 15) is 18.3 Å². The summed E-state index contributed by atoms with van der Waals surface area (Å²) < 4.78 is 46.1. The first-order valence-corrected chi connectivity index (χ1v) is 14.8. The molecule has 0 saturated heterocycles. The summed E-state index contributed by atoms with van der Waals surface area (Å²) in [5.41, 5.74) is 2.07. The summed E-state index contributed by atoms with van der Waals surface area (Å²) in [5, 5.41) is 12.8. The summed E-state index contributed by atoms with van der Waals surface area (Å²) in [6.07, 6.45) is -0.563. The van der Waals surface area contributed by atoms with Crippen LogP contribution in [0, 0.1) is 5.92 Å². The zero-order valence-corrected chi connectivity index (χ0v) is 24.7. The molecule has 0 aliphatic carbocycles. The average Bonchev–Trinajstić information content (AvgIpc) is 2.98. The highest BCUT2D eigenvalue weighted by atomic mass is 32.2. The Kier molecular flexibility index (Phi) is 9.42. The van der Waals surface area contributed by atoms with Gasteiger partial charge in [-0.25, -0.2) is 13.2 Å². The molecule has 1 aliphatic heterocycles. The first kappa shape index (κ1) is 30.2. The third-order valence-electron chi connectivity index (χ3n) is 7.21. The fourth-order valence-corrected chi connectivity index (χ4v) is 6.59. The SMILES string of the molecule is COc1cccc(NC(=O)N(C)C[C@@H]2Oc3cc(-c4ccccc4OC)ccc3S(=O)(=O)N([C@@H](C)CO)C[C@@H]2C)c1. The second kappa shape index (κ2) is 12.8. The van der Waals surface area contributed by atoms with Gasteiger partial charge in [-0.05, 0) is 42.8 Å². The number of rotatable bonds is 8. The number of fused-ring (bicyclic) bond motifs is 1. The Labute approximate surface area is 241 Å². The predicted molar refractivity (Wildman–Crippen MR) is 157 cm³/mol. The first-order chi connectivity index (χ1) is 19.6. The van der Waals surface area contributed by atoms with E-state index in [1.165, 1.54) is 15.3 Å². The summed E-state index contributed by atoms with van der Waals surface area (Å²) in [6, 6.07) is 18.4. The van der Waals surface area contributed by atoms with Crippen LogP contribution in [0.1, 0.15) is 13.8 Å². The highest BCUT2D eigenvalue weighted by Gasteiger charge is 2.38. The van der Waals surface area contributed by atoms with E-state index in [0.29, 0.717) is 22.7 Å². The van der Waals surface area contributed by atoms with Crippen LogP contribution in [0.2, 0.25) is 0 Å². The Balaban J connectivity index is 1.70.